The molecule has 3 N–H and O–H groups in total. The molecule has 0 saturated carbocycles. The highest BCUT2D eigenvalue weighted by Gasteiger charge is 2.26. The van der Waals surface area contributed by atoms with Crippen molar-refractivity contribution in [2.75, 3.05) is 17.7 Å². The van der Waals surface area contributed by atoms with Crippen molar-refractivity contribution < 1.29 is 23.5 Å². The van der Waals surface area contributed by atoms with Gasteiger partial charge in [-0.2, -0.15) is 0 Å². The Kier molecular flexibility index (Phi) is 8.43. The fraction of sp³-hybridized carbons (Fsp3) is 0.192. The molecule has 0 aliphatic carbocycles. The average molecular weight is 498 g/mol. The van der Waals surface area contributed by atoms with E-state index in [2.05, 4.69) is 16.0 Å². The van der Waals surface area contributed by atoms with Gasteiger partial charge in [0.2, 0.25) is 5.91 Å². The topological polar surface area (TPSA) is 96.5 Å². The summed E-state index contributed by atoms with van der Waals surface area (Å²) in [6, 6.07) is 15.7. The monoisotopic (exact) mass is 497 g/mol. The number of halogens is 2. The van der Waals surface area contributed by atoms with Gasteiger partial charge in [0, 0.05) is 11.3 Å². The smallest absolute Gasteiger partial charge is 0.255 e. The molecule has 3 rings (SSSR count). The SMILES string of the molecule is COc1ccc(NC(=O)C(NC(=O)c2ccccc2Cl)C(C)C)cc1NC(=O)c1cccc(F)c1. The average Bonchev–Trinajstić information content (AvgIpc) is 2.82. The second kappa shape index (κ2) is 11.5. The molecule has 0 radical (unpaired) electrons. The summed E-state index contributed by atoms with van der Waals surface area (Å²) in [5.41, 5.74) is 1.03. The van der Waals surface area contributed by atoms with Crippen molar-refractivity contribution in [3.63, 3.8) is 0 Å². The van der Waals surface area contributed by atoms with Gasteiger partial charge in [-0.1, -0.05) is 43.6 Å². The fourth-order valence-electron chi connectivity index (χ4n) is 3.33. The minimum Gasteiger partial charge on any atom is -0.495 e. The number of hydrogen-bond donors (Lipinski definition) is 3. The summed E-state index contributed by atoms with van der Waals surface area (Å²) in [4.78, 5) is 38.3. The van der Waals surface area contributed by atoms with Crippen molar-refractivity contribution in [3.8, 4) is 5.75 Å². The van der Waals surface area contributed by atoms with Crippen LogP contribution in [0, 0.1) is 11.7 Å². The number of rotatable bonds is 8. The van der Waals surface area contributed by atoms with Crippen LogP contribution in [0.5, 0.6) is 5.75 Å². The molecule has 0 heterocycles. The molecular weight excluding hydrogens is 473 g/mol. The number of hydrogen-bond acceptors (Lipinski definition) is 4. The lowest BCUT2D eigenvalue weighted by Crippen LogP contribution is -2.47. The summed E-state index contributed by atoms with van der Waals surface area (Å²) in [5, 5.41) is 8.42. The van der Waals surface area contributed by atoms with Crippen LogP contribution in [0.4, 0.5) is 15.8 Å². The lowest BCUT2D eigenvalue weighted by molar-refractivity contribution is -0.118. The fourth-order valence-corrected chi connectivity index (χ4v) is 3.55. The molecule has 0 spiro atoms. The Morgan fingerprint density at radius 1 is 0.914 bits per heavy atom. The molecule has 3 aromatic carbocycles. The van der Waals surface area contributed by atoms with E-state index < -0.39 is 29.6 Å². The molecule has 35 heavy (non-hydrogen) atoms. The minimum atomic E-state index is -0.855. The Balaban J connectivity index is 1.77. The molecule has 3 aromatic rings. The number of carbonyl (C=O) groups is 3. The van der Waals surface area contributed by atoms with Gasteiger partial charge in [-0.3, -0.25) is 14.4 Å². The van der Waals surface area contributed by atoms with Crippen molar-refractivity contribution in [3.05, 3.63) is 88.7 Å². The zero-order valence-corrected chi connectivity index (χ0v) is 20.2. The number of amides is 3. The molecule has 1 atom stereocenters. The number of anilines is 2. The maximum absolute atomic E-state index is 13.5. The van der Waals surface area contributed by atoms with Gasteiger partial charge >= 0.3 is 0 Å². The van der Waals surface area contributed by atoms with Gasteiger partial charge in [-0.15, -0.1) is 0 Å². The first-order valence-corrected chi connectivity index (χ1v) is 11.2. The molecule has 0 bridgehead atoms. The van der Waals surface area contributed by atoms with Crippen LogP contribution in [0.3, 0.4) is 0 Å². The Morgan fingerprint density at radius 3 is 2.31 bits per heavy atom. The van der Waals surface area contributed by atoms with E-state index in [0.717, 1.165) is 6.07 Å². The van der Waals surface area contributed by atoms with Crippen LogP contribution in [0.2, 0.25) is 5.02 Å². The summed E-state index contributed by atoms with van der Waals surface area (Å²) in [6.45, 7) is 3.60. The summed E-state index contributed by atoms with van der Waals surface area (Å²) >= 11 is 6.10. The second-order valence-corrected chi connectivity index (χ2v) is 8.45. The first-order chi connectivity index (χ1) is 16.7. The van der Waals surface area contributed by atoms with Crippen LogP contribution in [0.1, 0.15) is 34.6 Å². The largest absolute Gasteiger partial charge is 0.495 e. The van der Waals surface area contributed by atoms with E-state index in [4.69, 9.17) is 16.3 Å². The molecule has 7 nitrogen and oxygen atoms in total. The third kappa shape index (κ3) is 6.58. The molecule has 0 fully saturated rings. The predicted molar refractivity (Wildman–Crippen MR) is 134 cm³/mol. The highest BCUT2D eigenvalue weighted by Crippen LogP contribution is 2.29. The van der Waals surface area contributed by atoms with Gasteiger partial charge < -0.3 is 20.7 Å². The van der Waals surface area contributed by atoms with Gasteiger partial charge in [0.1, 0.15) is 17.6 Å². The Labute approximate surface area is 207 Å². The highest BCUT2D eigenvalue weighted by molar-refractivity contribution is 6.33. The summed E-state index contributed by atoms with van der Waals surface area (Å²) in [6.07, 6.45) is 0. The van der Waals surface area contributed by atoms with Crippen molar-refractivity contribution in [1.82, 2.24) is 5.32 Å². The molecule has 9 heteroatoms. The molecule has 182 valence electrons. The summed E-state index contributed by atoms with van der Waals surface area (Å²) < 4.78 is 18.8. The molecule has 0 saturated heterocycles. The predicted octanol–water partition coefficient (Wildman–Crippen LogP) is 5.13. The van der Waals surface area contributed by atoms with Gasteiger partial charge in [-0.05, 0) is 54.4 Å². The van der Waals surface area contributed by atoms with Crippen LogP contribution < -0.4 is 20.7 Å². The molecule has 0 aliphatic rings. The van der Waals surface area contributed by atoms with Crippen LogP contribution in [-0.4, -0.2) is 30.9 Å². The van der Waals surface area contributed by atoms with Crippen molar-refractivity contribution in [2.45, 2.75) is 19.9 Å². The van der Waals surface area contributed by atoms with Gasteiger partial charge in [0.05, 0.1) is 23.4 Å². The lowest BCUT2D eigenvalue weighted by Gasteiger charge is -2.22. The number of nitrogens with one attached hydrogen (secondary N) is 3. The van der Waals surface area contributed by atoms with Crippen molar-refractivity contribution in [1.29, 1.82) is 0 Å². The molecule has 0 aromatic heterocycles. The Hall–Kier alpha value is -3.91. The van der Waals surface area contributed by atoms with Crippen LogP contribution in [-0.2, 0) is 4.79 Å². The Morgan fingerprint density at radius 2 is 1.66 bits per heavy atom. The van der Waals surface area contributed by atoms with Crippen molar-refractivity contribution >= 4 is 40.7 Å². The van der Waals surface area contributed by atoms with Gasteiger partial charge in [0.25, 0.3) is 11.8 Å². The zero-order valence-electron chi connectivity index (χ0n) is 19.4. The quantitative estimate of drug-likeness (QED) is 0.402. The zero-order chi connectivity index (χ0) is 25.5. The van der Waals surface area contributed by atoms with Gasteiger partial charge in [0.15, 0.2) is 0 Å². The van der Waals surface area contributed by atoms with E-state index in [0.29, 0.717) is 11.4 Å². The normalized spacial score (nSPS) is 11.5. The third-order valence-electron chi connectivity index (χ3n) is 5.16. The minimum absolute atomic E-state index is 0.128. The summed E-state index contributed by atoms with van der Waals surface area (Å²) in [7, 11) is 1.43. The van der Waals surface area contributed by atoms with E-state index in [1.54, 1.807) is 50.2 Å². The van der Waals surface area contributed by atoms with Crippen LogP contribution in [0.25, 0.3) is 0 Å². The molecule has 1 unspecified atom stereocenters. The first-order valence-electron chi connectivity index (χ1n) is 10.8. The maximum Gasteiger partial charge on any atom is 0.255 e. The number of carbonyl (C=O) groups excluding carboxylic acids is 3. The molecular formula is C26H25ClFN3O4. The van der Waals surface area contributed by atoms with E-state index in [1.165, 1.54) is 31.4 Å². The first kappa shape index (κ1) is 25.7. The van der Waals surface area contributed by atoms with Crippen molar-refractivity contribution in [2.24, 2.45) is 5.92 Å². The van der Waals surface area contributed by atoms with Gasteiger partial charge in [-0.25, -0.2) is 4.39 Å². The summed E-state index contributed by atoms with van der Waals surface area (Å²) in [5.74, 6) is -1.88. The van der Waals surface area contributed by atoms with E-state index in [-0.39, 0.29) is 27.8 Å². The number of ether oxygens (including phenoxy) is 1. The lowest BCUT2D eigenvalue weighted by atomic mass is 10.0. The Bertz CT molecular complexity index is 1250. The highest BCUT2D eigenvalue weighted by atomic mass is 35.5. The van der Waals surface area contributed by atoms with E-state index in [1.807, 2.05) is 0 Å². The number of methoxy groups -OCH3 is 1. The van der Waals surface area contributed by atoms with Crippen LogP contribution in [0.15, 0.2) is 66.7 Å². The van der Waals surface area contributed by atoms with Crippen LogP contribution >= 0.6 is 11.6 Å². The number of benzene rings is 3. The third-order valence-corrected chi connectivity index (χ3v) is 5.49. The van der Waals surface area contributed by atoms with E-state index >= 15 is 0 Å². The van der Waals surface area contributed by atoms with E-state index in [9.17, 15) is 18.8 Å². The maximum atomic E-state index is 13.5. The molecule has 0 aliphatic heterocycles. The molecule has 3 amide bonds. The second-order valence-electron chi connectivity index (χ2n) is 8.04. The standard InChI is InChI=1S/C26H25ClFN3O4/c1-15(2)23(31-25(33)19-9-4-5-10-20(19)27)26(34)29-18-11-12-22(35-3)21(14-18)30-24(32)16-7-6-8-17(28)13-16/h4-15,23H,1-3H3,(H,29,34)(H,30,32)(H,31,33).